The van der Waals surface area contributed by atoms with E-state index in [1.165, 1.54) is 44.5 Å². The molecule has 2 heteroatoms. The van der Waals surface area contributed by atoms with E-state index >= 15 is 0 Å². The summed E-state index contributed by atoms with van der Waals surface area (Å²) in [4.78, 5) is 0. The van der Waals surface area contributed by atoms with Crippen molar-refractivity contribution >= 4 is 22.7 Å². The summed E-state index contributed by atoms with van der Waals surface area (Å²) in [6.07, 6.45) is 2.03. The summed E-state index contributed by atoms with van der Waals surface area (Å²) in [7, 11) is 0. The first-order chi connectivity index (χ1) is 20.7. The molecule has 0 atom stereocenters. The van der Waals surface area contributed by atoms with Crippen LogP contribution in [0.3, 0.4) is 0 Å². The summed E-state index contributed by atoms with van der Waals surface area (Å²) in [6, 6.07) is 52.1. The van der Waals surface area contributed by atoms with Gasteiger partial charge in [-0.15, -0.1) is 0 Å². The molecule has 0 amide bonds. The van der Waals surface area contributed by atoms with Crippen LogP contribution in [-0.2, 0) is 12.8 Å². The van der Waals surface area contributed by atoms with Crippen LogP contribution in [0.1, 0.15) is 25.0 Å². The third-order valence-corrected chi connectivity index (χ3v) is 7.76. The number of nitrogens with one attached hydrogen (secondary N) is 2. The standard InChI is InChI=1S/C40H36N2/c1-3-29-13-11-19-35(27-29)41-34-23-21-31(22-24-34)37-25-26-38(42-36-20-12-14-30(4-2)28-36)40(33-17-9-6-10-18-33)39(37)32-15-7-5-8-16-32/h5-28,41-42H,3-4H2,1-2H3. The second kappa shape index (κ2) is 12.6. The van der Waals surface area contributed by atoms with Crippen LogP contribution >= 0.6 is 0 Å². The molecule has 0 aromatic heterocycles. The molecule has 0 spiro atoms. The fourth-order valence-corrected chi connectivity index (χ4v) is 5.55. The van der Waals surface area contributed by atoms with Crippen molar-refractivity contribution in [2.24, 2.45) is 0 Å². The summed E-state index contributed by atoms with van der Waals surface area (Å²) < 4.78 is 0. The highest BCUT2D eigenvalue weighted by Gasteiger charge is 2.18. The van der Waals surface area contributed by atoms with Crippen molar-refractivity contribution in [2.75, 3.05) is 10.6 Å². The predicted molar refractivity (Wildman–Crippen MR) is 181 cm³/mol. The molecular formula is C40H36N2. The minimum Gasteiger partial charge on any atom is -0.356 e. The lowest BCUT2D eigenvalue weighted by Gasteiger charge is -2.21. The van der Waals surface area contributed by atoms with Crippen LogP contribution in [0.5, 0.6) is 0 Å². The molecule has 0 bridgehead atoms. The Morgan fingerprint density at radius 3 is 1.52 bits per heavy atom. The summed E-state index contributed by atoms with van der Waals surface area (Å²) in [5, 5.41) is 7.35. The number of benzene rings is 6. The zero-order valence-electron chi connectivity index (χ0n) is 24.3. The number of hydrogen-bond acceptors (Lipinski definition) is 2. The quantitative estimate of drug-likeness (QED) is 0.189. The Hall–Kier alpha value is -5.08. The molecule has 0 saturated heterocycles. The summed E-state index contributed by atoms with van der Waals surface area (Å²) in [5.74, 6) is 0. The molecule has 0 saturated carbocycles. The van der Waals surface area contributed by atoms with Gasteiger partial charge in [-0.1, -0.05) is 117 Å². The van der Waals surface area contributed by atoms with Gasteiger partial charge in [0.1, 0.15) is 0 Å². The third-order valence-electron chi connectivity index (χ3n) is 7.76. The van der Waals surface area contributed by atoms with Crippen molar-refractivity contribution in [3.05, 3.63) is 157 Å². The van der Waals surface area contributed by atoms with Gasteiger partial charge in [-0.25, -0.2) is 0 Å². The Labute approximate surface area is 249 Å². The van der Waals surface area contributed by atoms with Crippen LogP contribution in [0.25, 0.3) is 33.4 Å². The number of aryl methyl sites for hydroxylation is 2. The van der Waals surface area contributed by atoms with Crippen molar-refractivity contribution in [1.29, 1.82) is 0 Å². The Balaban J connectivity index is 1.47. The largest absolute Gasteiger partial charge is 0.356 e. The van der Waals surface area contributed by atoms with Crippen LogP contribution in [0, 0.1) is 0 Å². The van der Waals surface area contributed by atoms with Gasteiger partial charge in [0.25, 0.3) is 0 Å². The van der Waals surface area contributed by atoms with Crippen LogP contribution in [0.2, 0.25) is 0 Å². The highest BCUT2D eigenvalue weighted by atomic mass is 14.9. The molecule has 2 N–H and O–H groups in total. The summed E-state index contributed by atoms with van der Waals surface area (Å²) in [5.41, 5.74) is 14.2. The maximum atomic E-state index is 3.77. The van der Waals surface area contributed by atoms with Crippen LogP contribution < -0.4 is 10.6 Å². The minimum absolute atomic E-state index is 1.00. The summed E-state index contributed by atoms with van der Waals surface area (Å²) in [6.45, 7) is 4.38. The molecule has 0 aliphatic carbocycles. The average molecular weight is 545 g/mol. The van der Waals surface area contributed by atoms with Gasteiger partial charge in [0.05, 0.1) is 0 Å². The van der Waals surface area contributed by atoms with Crippen molar-refractivity contribution in [1.82, 2.24) is 0 Å². The zero-order chi connectivity index (χ0) is 28.7. The van der Waals surface area contributed by atoms with E-state index in [1.54, 1.807) is 0 Å². The first-order valence-electron chi connectivity index (χ1n) is 14.8. The van der Waals surface area contributed by atoms with E-state index < -0.39 is 0 Å². The maximum absolute atomic E-state index is 3.77. The number of hydrogen-bond donors (Lipinski definition) is 2. The van der Waals surface area contributed by atoms with Gasteiger partial charge in [-0.2, -0.15) is 0 Å². The Kier molecular flexibility index (Phi) is 8.14. The van der Waals surface area contributed by atoms with Gasteiger partial charge in [-0.05, 0) is 94.3 Å². The van der Waals surface area contributed by atoms with E-state index in [0.717, 1.165) is 35.6 Å². The predicted octanol–water partition coefficient (Wildman–Crippen LogP) is 11.3. The lowest BCUT2D eigenvalue weighted by atomic mass is 9.86. The van der Waals surface area contributed by atoms with Gasteiger partial charge in [0.15, 0.2) is 0 Å². The van der Waals surface area contributed by atoms with Crippen molar-refractivity contribution in [3.63, 3.8) is 0 Å². The molecule has 2 nitrogen and oxygen atoms in total. The van der Waals surface area contributed by atoms with Gasteiger partial charge in [0.2, 0.25) is 0 Å². The average Bonchev–Trinajstić information content (AvgIpc) is 3.06. The van der Waals surface area contributed by atoms with E-state index in [0.29, 0.717) is 0 Å². The van der Waals surface area contributed by atoms with Gasteiger partial charge in [0, 0.05) is 28.3 Å². The number of anilines is 4. The second-order valence-electron chi connectivity index (χ2n) is 10.6. The molecule has 6 aromatic rings. The SMILES string of the molecule is CCc1cccc(Nc2ccc(-c3ccc(Nc4cccc(CC)c4)c(-c4ccccc4)c3-c3ccccc3)cc2)c1. The number of rotatable bonds is 9. The molecule has 42 heavy (non-hydrogen) atoms. The first-order valence-corrected chi connectivity index (χ1v) is 14.8. The van der Waals surface area contributed by atoms with Crippen molar-refractivity contribution in [3.8, 4) is 33.4 Å². The highest BCUT2D eigenvalue weighted by Crippen LogP contribution is 2.45. The van der Waals surface area contributed by atoms with Gasteiger partial charge >= 0.3 is 0 Å². The van der Waals surface area contributed by atoms with Crippen LogP contribution in [-0.4, -0.2) is 0 Å². The monoisotopic (exact) mass is 544 g/mol. The third kappa shape index (κ3) is 5.99. The lowest BCUT2D eigenvalue weighted by Crippen LogP contribution is -1.99. The fraction of sp³-hybridized carbons (Fsp3) is 0.100. The van der Waals surface area contributed by atoms with Crippen molar-refractivity contribution in [2.45, 2.75) is 26.7 Å². The minimum atomic E-state index is 1.00. The Morgan fingerprint density at radius 2 is 0.952 bits per heavy atom. The first kappa shape index (κ1) is 27.1. The normalized spacial score (nSPS) is 10.8. The Bertz CT molecular complexity index is 1770. The van der Waals surface area contributed by atoms with E-state index in [4.69, 9.17) is 0 Å². The fourth-order valence-electron chi connectivity index (χ4n) is 5.55. The van der Waals surface area contributed by atoms with E-state index in [-0.39, 0.29) is 0 Å². The van der Waals surface area contributed by atoms with E-state index in [1.807, 2.05) is 0 Å². The maximum Gasteiger partial charge on any atom is 0.0470 e. The zero-order valence-corrected chi connectivity index (χ0v) is 24.3. The molecule has 0 heterocycles. The van der Waals surface area contributed by atoms with Crippen molar-refractivity contribution < 1.29 is 0 Å². The molecule has 206 valence electrons. The van der Waals surface area contributed by atoms with Gasteiger partial charge < -0.3 is 10.6 Å². The molecular weight excluding hydrogens is 508 g/mol. The van der Waals surface area contributed by atoms with Crippen LogP contribution in [0.15, 0.2) is 146 Å². The molecule has 0 aliphatic rings. The second-order valence-corrected chi connectivity index (χ2v) is 10.6. The lowest BCUT2D eigenvalue weighted by molar-refractivity contribution is 1.14. The topological polar surface area (TPSA) is 24.1 Å². The molecule has 0 fully saturated rings. The molecule has 6 rings (SSSR count). The molecule has 0 aliphatic heterocycles. The smallest absolute Gasteiger partial charge is 0.0470 e. The van der Waals surface area contributed by atoms with E-state index in [2.05, 4.69) is 170 Å². The molecule has 6 aromatic carbocycles. The van der Waals surface area contributed by atoms with Gasteiger partial charge in [-0.3, -0.25) is 0 Å². The summed E-state index contributed by atoms with van der Waals surface area (Å²) >= 11 is 0. The van der Waals surface area contributed by atoms with Crippen LogP contribution in [0.4, 0.5) is 22.7 Å². The van der Waals surface area contributed by atoms with E-state index in [9.17, 15) is 0 Å². The highest BCUT2D eigenvalue weighted by molar-refractivity contribution is 6.01. The molecule has 0 radical (unpaired) electrons. The Morgan fingerprint density at radius 1 is 0.405 bits per heavy atom. The molecule has 0 unspecified atom stereocenters.